The van der Waals surface area contributed by atoms with Crippen molar-refractivity contribution >= 4 is 17.5 Å². The monoisotopic (exact) mass is 426 g/mol. The number of carbonyl (C=O) groups excluding carboxylic acids is 1. The minimum absolute atomic E-state index is 0.00972. The first kappa shape index (κ1) is 22.2. The van der Waals surface area contributed by atoms with Crippen LogP contribution in [0.15, 0.2) is 53.7 Å². The zero-order valence-electron chi connectivity index (χ0n) is 18.0. The van der Waals surface area contributed by atoms with Gasteiger partial charge in [0.05, 0.1) is 11.3 Å². The standard InChI is InChI=1S/C23H27FN4OS/c1-6-17-7-9-18(10-8-17)21(29)16(3)30-23-26-25-22(15(2)27(4)5)28(23)20-13-11-19(24)12-14-20/h7-16H,6H2,1-5H3/t15-,16+/m1/s1. The Morgan fingerprint density at radius 1 is 1.07 bits per heavy atom. The largest absolute Gasteiger partial charge is 0.300 e. The third-order valence-corrected chi connectivity index (χ3v) is 6.23. The molecule has 0 unspecified atom stereocenters. The summed E-state index contributed by atoms with van der Waals surface area (Å²) < 4.78 is 15.4. The molecule has 158 valence electrons. The third-order valence-electron chi connectivity index (χ3n) is 5.19. The number of rotatable bonds is 8. The smallest absolute Gasteiger partial charge is 0.196 e. The van der Waals surface area contributed by atoms with Gasteiger partial charge in [-0.2, -0.15) is 0 Å². The molecule has 0 aliphatic heterocycles. The van der Waals surface area contributed by atoms with Gasteiger partial charge in [0.15, 0.2) is 16.8 Å². The van der Waals surface area contributed by atoms with Gasteiger partial charge in [0.25, 0.3) is 0 Å². The van der Waals surface area contributed by atoms with Crippen molar-refractivity contribution in [1.29, 1.82) is 0 Å². The number of ketones is 1. The first-order valence-electron chi connectivity index (χ1n) is 9.99. The maximum absolute atomic E-state index is 13.5. The van der Waals surface area contributed by atoms with Crippen LogP contribution in [-0.2, 0) is 6.42 Å². The van der Waals surface area contributed by atoms with Crippen LogP contribution in [0.4, 0.5) is 4.39 Å². The first-order chi connectivity index (χ1) is 14.3. The molecular weight excluding hydrogens is 399 g/mol. The van der Waals surface area contributed by atoms with Gasteiger partial charge in [-0.3, -0.25) is 14.3 Å². The zero-order valence-corrected chi connectivity index (χ0v) is 18.8. The fourth-order valence-corrected chi connectivity index (χ4v) is 3.99. The number of hydrogen-bond acceptors (Lipinski definition) is 5. The van der Waals surface area contributed by atoms with E-state index < -0.39 is 0 Å². The van der Waals surface area contributed by atoms with Crippen LogP contribution in [0.2, 0.25) is 0 Å². The van der Waals surface area contributed by atoms with E-state index >= 15 is 0 Å². The second-order valence-electron chi connectivity index (χ2n) is 7.47. The number of aryl methyl sites for hydroxylation is 1. The molecule has 0 saturated carbocycles. The zero-order chi connectivity index (χ0) is 21.8. The molecule has 30 heavy (non-hydrogen) atoms. The number of thioether (sulfide) groups is 1. The van der Waals surface area contributed by atoms with Crippen molar-refractivity contribution < 1.29 is 9.18 Å². The maximum Gasteiger partial charge on any atom is 0.196 e. The molecule has 7 heteroatoms. The van der Waals surface area contributed by atoms with Crippen LogP contribution in [0.25, 0.3) is 5.69 Å². The van der Waals surface area contributed by atoms with Crippen LogP contribution in [0, 0.1) is 5.82 Å². The van der Waals surface area contributed by atoms with Gasteiger partial charge in [0.2, 0.25) is 0 Å². The Balaban J connectivity index is 1.92. The quantitative estimate of drug-likeness (QED) is 0.377. The van der Waals surface area contributed by atoms with Crippen molar-refractivity contribution in [2.75, 3.05) is 14.1 Å². The van der Waals surface area contributed by atoms with Crippen molar-refractivity contribution in [3.8, 4) is 5.69 Å². The molecule has 0 saturated heterocycles. The van der Waals surface area contributed by atoms with E-state index in [1.54, 1.807) is 12.1 Å². The van der Waals surface area contributed by atoms with E-state index in [0.29, 0.717) is 10.7 Å². The Morgan fingerprint density at radius 3 is 2.27 bits per heavy atom. The van der Waals surface area contributed by atoms with Crippen molar-refractivity contribution in [1.82, 2.24) is 19.7 Å². The van der Waals surface area contributed by atoms with Gasteiger partial charge in [0, 0.05) is 11.3 Å². The summed E-state index contributed by atoms with van der Waals surface area (Å²) in [7, 11) is 3.93. The van der Waals surface area contributed by atoms with Crippen LogP contribution in [0.5, 0.6) is 0 Å². The Labute approximate surface area is 181 Å². The molecule has 1 aromatic heterocycles. The van der Waals surface area contributed by atoms with Crippen molar-refractivity contribution in [3.63, 3.8) is 0 Å². The molecule has 1 heterocycles. The summed E-state index contributed by atoms with van der Waals surface area (Å²) >= 11 is 1.36. The Kier molecular flexibility index (Phi) is 7.05. The molecule has 0 amide bonds. The average molecular weight is 427 g/mol. The van der Waals surface area contributed by atoms with Crippen molar-refractivity contribution in [3.05, 3.63) is 71.3 Å². The number of benzene rings is 2. The molecule has 2 aromatic carbocycles. The minimum Gasteiger partial charge on any atom is -0.300 e. The summed E-state index contributed by atoms with van der Waals surface area (Å²) in [6.45, 7) is 5.99. The fourth-order valence-electron chi connectivity index (χ4n) is 3.04. The average Bonchev–Trinajstić information content (AvgIpc) is 3.16. The summed E-state index contributed by atoms with van der Waals surface area (Å²) in [4.78, 5) is 15.0. The topological polar surface area (TPSA) is 51.0 Å². The highest BCUT2D eigenvalue weighted by Gasteiger charge is 2.25. The molecule has 0 radical (unpaired) electrons. The molecule has 0 N–H and O–H groups in total. The van der Waals surface area contributed by atoms with Crippen molar-refractivity contribution in [2.24, 2.45) is 0 Å². The molecule has 0 spiro atoms. The number of nitrogens with zero attached hydrogens (tertiary/aromatic N) is 4. The lowest BCUT2D eigenvalue weighted by molar-refractivity contribution is 0.0994. The summed E-state index contributed by atoms with van der Waals surface area (Å²) in [5.41, 5.74) is 2.65. The van der Waals surface area contributed by atoms with E-state index in [2.05, 4.69) is 17.1 Å². The summed E-state index contributed by atoms with van der Waals surface area (Å²) in [5.74, 6) is 0.474. The molecular formula is C23H27FN4OS. The number of aromatic nitrogens is 3. The first-order valence-corrected chi connectivity index (χ1v) is 10.9. The number of Topliss-reactive ketones (excluding diaryl/α,β-unsaturated/α-hetero) is 1. The van der Waals surface area contributed by atoms with E-state index in [9.17, 15) is 9.18 Å². The summed E-state index contributed by atoms with van der Waals surface area (Å²) in [6.07, 6.45) is 0.937. The van der Waals surface area contributed by atoms with Crippen LogP contribution in [-0.4, -0.2) is 44.8 Å². The fraction of sp³-hybridized carbons (Fsp3) is 0.348. The van der Waals surface area contributed by atoms with Crippen LogP contribution < -0.4 is 0 Å². The van der Waals surface area contributed by atoms with Crippen molar-refractivity contribution in [2.45, 2.75) is 43.6 Å². The summed E-state index contributed by atoms with van der Waals surface area (Å²) in [6, 6.07) is 13.9. The lowest BCUT2D eigenvalue weighted by Gasteiger charge is -2.21. The second-order valence-corrected chi connectivity index (χ2v) is 8.77. The molecule has 0 aliphatic rings. The summed E-state index contributed by atoms with van der Waals surface area (Å²) in [5, 5.41) is 9.02. The van der Waals surface area contributed by atoms with Gasteiger partial charge in [0.1, 0.15) is 5.82 Å². The molecule has 3 aromatic rings. The van der Waals surface area contributed by atoms with Gasteiger partial charge < -0.3 is 0 Å². The van der Waals surface area contributed by atoms with Crippen LogP contribution in [0.1, 0.15) is 48.6 Å². The van der Waals surface area contributed by atoms with Gasteiger partial charge in [-0.1, -0.05) is 43.0 Å². The van der Waals surface area contributed by atoms with Gasteiger partial charge in [-0.05, 0) is 64.2 Å². The highest BCUT2D eigenvalue weighted by atomic mass is 32.2. The lowest BCUT2D eigenvalue weighted by atomic mass is 10.1. The van der Waals surface area contributed by atoms with Gasteiger partial charge in [-0.15, -0.1) is 10.2 Å². The van der Waals surface area contributed by atoms with E-state index in [4.69, 9.17) is 0 Å². The van der Waals surface area contributed by atoms with Gasteiger partial charge in [-0.25, -0.2) is 4.39 Å². The number of carbonyl (C=O) groups is 1. The van der Waals surface area contributed by atoms with E-state index in [1.165, 1.54) is 29.5 Å². The highest BCUT2D eigenvalue weighted by molar-refractivity contribution is 8.00. The predicted octanol–water partition coefficient (Wildman–Crippen LogP) is 4.95. The molecule has 0 bridgehead atoms. The Bertz CT molecular complexity index is 999. The number of halogens is 1. The van der Waals surface area contributed by atoms with Crippen LogP contribution >= 0.6 is 11.8 Å². The van der Waals surface area contributed by atoms with E-state index in [0.717, 1.165) is 17.9 Å². The minimum atomic E-state index is -0.344. The molecule has 0 aliphatic carbocycles. The van der Waals surface area contributed by atoms with E-state index in [-0.39, 0.29) is 22.9 Å². The van der Waals surface area contributed by atoms with Gasteiger partial charge >= 0.3 is 0 Å². The maximum atomic E-state index is 13.5. The Hall–Kier alpha value is -2.51. The lowest BCUT2D eigenvalue weighted by Crippen LogP contribution is -2.21. The molecule has 5 nitrogen and oxygen atoms in total. The van der Waals surface area contributed by atoms with E-state index in [1.807, 2.05) is 61.7 Å². The third kappa shape index (κ3) is 4.79. The molecule has 3 rings (SSSR count). The normalized spacial score (nSPS) is 13.4. The number of hydrogen-bond donors (Lipinski definition) is 0. The Morgan fingerprint density at radius 2 is 1.70 bits per heavy atom. The highest BCUT2D eigenvalue weighted by Crippen LogP contribution is 2.30. The molecule has 2 atom stereocenters. The predicted molar refractivity (Wildman–Crippen MR) is 119 cm³/mol. The van der Waals surface area contributed by atoms with Crippen LogP contribution in [0.3, 0.4) is 0 Å². The second kappa shape index (κ2) is 9.53. The SMILES string of the molecule is CCc1ccc(C(=O)[C@H](C)Sc2nnc([C@@H](C)N(C)C)n2-c2ccc(F)cc2)cc1. The molecule has 0 fully saturated rings.